The van der Waals surface area contributed by atoms with Gasteiger partial charge in [-0.05, 0) is 35.7 Å². The first-order chi connectivity index (χ1) is 9.22. The summed E-state index contributed by atoms with van der Waals surface area (Å²) in [6.07, 6.45) is 0.846. The van der Waals surface area contributed by atoms with Crippen molar-refractivity contribution in [3.05, 3.63) is 65.7 Å². The minimum Gasteiger partial charge on any atom is -0.465 e. The van der Waals surface area contributed by atoms with Crippen LogP contribution in [0.25, 0.3) is 11.0 Å². The summed E-state index contributed by atoms with van der Waals surface area (Å²) in [4.78, 5) is 0. The molecule has 0 atom stereocenters. The van der Waals surface area contributed by atoms with Crippen molar-refractivity contribution >= 4 is 23.7 Å². The zero-order valence-corrected chi connectivity index (χ0v) is 11.3. The van der Waals surface area contributed by atoms with Crippen LogP contribution in [0.3, 0.4) is 0 Å². The second-order valence-electron chi connectivity index (χ2n) is 4.56. The molecule has 2 aromatic carbocycles. The van der Waals surface area contributed by atoms with Crippen LogP contribution >= 0.6 is 0 Å². The Morgan fingerprint density at radius 3 is 2.35 bits per heavy atom. The maximum absolute atomic E-state index is 9.09. The number of furan rings is 1. The number of benzene rings is 2. The van der Waals surface area contributed by atoms with Crippen LogP contribution in [0.5, 0.6) is 0 Å². The molecule has 2 N–H and O–H groups in total. The van der Waals surface area contributed by atoms with Crippen molar-refractivity contribution in [3.8, 4) is 0 Å². The Morgan fingerprint density at radius 1 is 0.900 bits per heavy atom. The monoisotopic (exact) mass is 292 g/mol. The Bertz CT molecular complexity index is 695. The number of hydrogen-bond donors (Lipinski definition) is 2. The van der Waals surface area contributed by atoms with Crippen LogP contribution in [-0.4, -0.2) is 17.2 Å². The van der Waals surface area contributed by atoms with Crippen LogP contribution in [0.15, 0.2) is 59.0 Å². The summed E-state index contributed by atoms with van der Waals surface area (Å²) in [6.45, 7) is 0. The summed E-state index contributed by atoms with van der Waals surface area (Å²) in [5.41, 5.74) is 3.25. The van der Waals surface area contributed by atoms with Crippen LogP contribution < -0.4 is 5.66 Å². The zero-order valence-electron chi connectivity index (χ0n) is 10.6. The van der Waals surface area contributed by atoms with Crippen LogP contribution in [0.1, 0.15) is 11.1 Å². The zero-order chi connectivity index (χ0) is 13.2. The van der Waals surface area contributed by atoms with Gasteiger partial charge in [0.1, 0.15) is 11.2 Å². The van der Waals surface area contributed by atoms with E-state index in [9.17, 15) is 0 Å². The third-order valence-corrected chi connectivity index (χ3v) is 3.11. The third-order valence-electron chi connectivity index (χ3n) is 3.11. The van der Waals surface area contributed by atoms with Crippen LogP contribution in [0.2, 0.25) is 0 Å². The van der Waals surface area contributed by atoms with Gasteiger partial charge in [0.25, 0.3) is 0 Å². The fourth-order valence-electron chi connectivity index (χ4n) is 2.18. The summed E-state index contributed by atoms with van der Waals surface area (Å²) in [6, 6.07) is 17.7. The smallest absolute Gasteiger partial charge is 0.465 e. The predicted octanol–water partition coefficient (Wildman–Crippen LogP) is 1.70. The molecule has 3 rings (SSSR count). The SMILES string of the molecule is OB(O)c1cc2cc(Cc3ccccc3)ccc2o1.[Ar]. The Kier molecular flexibility index (Phi) is 5.30. The van der Waals surface area contributed by atoms with Crippen molar-refractivity contribution < 1.29 is 52.2 Å². The summed E-state index contributed by atoms with van der Waals surface area (Å²) >= 11 is 0. The van der Waals surface area contributed by atoms with E-state index in [4.69, 9.17) is 14.5 Å². The number of hydrogen-bond acceptors (Lipinski definition) is 3. The largest absolute Gasteiger partial charge is 0.526 e. The molecule has 20 heavy (non-hydrogen) atoms. The summed E-state index contributed by atoms with van der Waals surface area (Å²) < 4.78 is 5.33. The fourth-order valence-corrected chi connectivity index (χ4v) is 2.18. The van der Waals surface area contributed by atoms with Crippen molar-refractivity contribution in [3.63, 3.8) is 0 Å². The molecule has 0 aliphatic carbocycles. The van der Waals surface area contributed by atoms with Gasteiger partial charge in [0.2, 0.25) is 0 Å². The normalized spacial score (nSPS) is 10.3. The Morgan fingerprint density at radius 2 is 1.65 bits per heavy atom. The van der Waals surface area contributed by atoms with Gasteiger partial charge in [-0.3, -0.25) is 0 Å². The Balaban J connectivity index is 0.00000147. The predicted molar refractivity (Wildman–Crippen MR) is 75.3 cm³/mol. The molecule has 0 spiro atoms. The van der Waals surface area contributed by atoms with Gasteiger partial charge in [-0.25, -0.2) is 0 Å². The first-order valence-electron chi connectivity index (χ1n) is 6.15. The first kappa shape index (κ1) is 15.6. The second kappa shape index (κ2) is 6.79. The van der Waals surface area contributed by atoms with E-state index in [1.807, 2.05) is 36.4 Å². The van der Waals surface area contributed by atoms with Gasteiger partial charge in [-0.1, -0.05) is 36.4 Å². The molecular formula is C15H13ArBO3. The van der Waals surface area contributed by atoms with Crippen molar-refractivity contribution in [2.75, 3.05) is 0 Å². The minimum absolute atomic E-state index is 0. The van der Waals surface area contributed by atoms with Crippen molar-refractivity contribution in [1.29, 1.82) is 0 Å². The van der Waals surface area contributed by atoms with Gasteiger partial charge >= 0.3 is 7.12 Å². The Labute approximate surface area is 147 Å². The van der Waals surface area contributed by atoms with Crippen molar-refractivity contribution in [2.45, 2.75) is 6.42 Å². The van der Waals surface area contributed by atoms with Crippen LogP contribution in [-0.2, 0) is 6.42 Å². The molecular weight excluding hydrogens is 279 g/mol. The maximum Gasteiger partial charge on any atom is 0.526 e. The van der Waals surface area contributed by atoms with E-state index in [0.29, 0.717) is 5.58 Å². The van der Waals surface area contributed by atoms with Crippen molar-refractivity contribution in [2.24, 2.45) is 0 Å². The molecule has 3 aromatic rings. The van der Waals surface area contributed by atoms with E-state index in [1.54, 1.807) is 6.07 Å². The minimum atomic E-state index is -1.56. The van der Waals surface area contributed by atoms with Gasteiger partial charge in [0, 0.05) is 43.1 Å². The van der Waals surface area contributed by atoms with E-state index in [-0.39, 0.29) is 43.4 Å². The molecule has 5 heteroatoms. The molecule has 0 saturated carbocycles. The van der Waals surface area contributed by atoms with Gasteiger partial charge < -0.3 is 14.5 Å². The Hall–Kier alpha value is -0.775. The van der Waals surface area contributed by atoms with Gasteiger partial charge in [0.15, 0.2) is 0 Å². The molecule has 0 aliphatic rings. The molecule has 0 radical (unpaired) electrons. The molecule has 3 nitrogen and oxygen atoms in total. The quantitative estimate of drug-likeness (QED) is 0.722. The third kappa shape index (κ3) is 3.46. The number of rotatable bonds is 3. The molecule has 0 fully saturated rings. The summed E-state index contributed by atoms with van der Waals surface area (Å²) in [5.74, 6) is 0. The molecule has 102 valence electrons. The topological polar surface area (TPSA) is 53.6 Å². The molecule has 0 aliphatic heterocycles. The van der Waals surface area contributed by atoms with E-state index in [2.05, 4.69) is 12.1 Å². The molecule has 1 aromatic heterocycles. The van der Waals surface area contributed by atoms with Gasteiger partial charge in [0.05, 0.1) is 0 Å². The molecule has 0 unspecified atom stereocenters. The molecule has 0 saturated heterocycles. The number of fused-ring (bicyclic) bond motifs is 1. The van der Waals surface area contributed by atoms with E-state index < -0.39 is 7.12 Å². The summed E-state index contributed by atoms with van der Waals surface area (Å²) in [5, 5.41) is 19.1. The fraction of sp³-hybridized carbons (Fsp3) is 0.0667. The van der Waals surface area contributed by atoms with Gasteiger partial charge in [-0.15, -0.1) is 0 Å². The molecule has 0 bridgehead atoms. The van der Waals surface area contributed by atoms with Crippen LogP contribution in [0.4, 0.5) is 0 Å². The summed E-state index contributed by atoms with van der Waals surface area (Å²) in [7, 11) is -1.56. The second-order valence-corrected chi connectivity index (χ2v) is 4.56. The average molecular weight is 292 g/mol. The van der Waals surface area contributed by atoms with Gasteiger partial charge in [-0.2, -0.15) is 0 Å². The van der Waals surface area contributed by atoms with E-state index in [0.717, 1.165) is 11.8 Å². The average Bonchev–Trinajstić information content (AvgIpc) is 2.83. The standard InChI is InChI=1S/C15H13BO3.Ar/c17-16(18)15-10-13-9-12(6-7-14(13)19-15)8-11-4-2-1-3-5-11;/h1-7,9-10,17-18H,8H2;. The molecule has 1 heterocycles. The van der Waals surface area contributed by atoms with E-state index >= 15 is 0 Å². The van der Waals surface area contributed by atoms with Crippen LogP contribution in [0, 0.1) is 37.7 Å². The first-order valence-corrected chi connectivity index (χ1v) is 6.15. The maximum atomic E-state index is 9.09. The van der Waals surface area contributed by atoms with Crippen molar-refractivity contribution in [1.82, 2.24) is 0 Å². The molecule has 0 amide bonds. The van der Waals surface area contributed by atoms with E-state index in [1.165, 1.54) is 11.1 Å².